The van der Waals surface area contributed by atoms with Gasteiger partial charge in [-0.25, -0.2) is 0 Å². The molecular weight excluding hydrogens is 508 g/mol. The molecule has 2 nitrogen and oxygen atoms in total. The first-order valence-corrected chi connectivity index (χ1v) is 10.2. The van der Waals surface area contributed by atoms with E-state index in [2.05, 4.69) is 48.9 Å². The molecule has 0 spiro atoms. The van der Waals surface area contributed by atoms with E-state index < -0.39 is 6.60 Å². The van der Waals surface area contributed by atoms with Gasteiger partial charge in [-0.05, 0) is 0 Å². The van der Waals surface area contributed by atoms with Crippen molar-refractivity contribution in [2.75, 3.05) is 6.66 Å². The second-order valence-corrected chi connectivity index (χ2v) is 10.6. The number of nitriles is 1. The van der Waals surface area contributed by atoms with Crippen LogP contribution in [0.1, 0.15) is 0 Å². The normalized spacial score (nSPS) is 11.4. The minimum absolute atomic E-state index is 0. The third-order valence-corrected chi connectivity index (χ3v) is 9.72. The van der Waals surface area contributed by atoms with Crippen molar-refractivity contribution in [1.29, 1.82) is 10.5 Å². The van der Waals surface area contributed by atoms with Crippen LogP contribution in [0.15, 0.2) is 91.0 Å². The molecule has 0 radical (unpaired) electrons. The quantitative estimate of drug-likeness (QED) is 0.297. The summed E-state index contributed by atoms with van der Waals surface area (Å²) in [5.41, 5.74) is 0. The fraction of sp³-hybridized carbons (Fsp3) is 0.0476. The number of benzene rings is 3. The molecule has 0 aromatic heterocycles. The molecule has 0 bridgehead atoms. The number of nitrogens with zero attached hydrogens (tertiary/aromatic N) is 2. The first kappa shape index (κ1) is 20.9. The van der Waals surface area contributed by atoms with E-state index in [0.29, 0.717) is 0 Å². The zero-order valence-electron chi connectivity index (χ0n) is 13.8. The molecule has 3 rings (SSSR count). The predicted molar refractivity (Wildman–Crippen MR) is 102 cm³/mol. The second kappa shape index (κ2) is 8.77. The Balaban J connectivity index is 0.00000101. The van der Waals surface area contributed by atoms with Gasteiger partial charge >= 0.3 is 154 Å². The summed E-state index contributed by atoms with van der Waals surface area (Å²) in [7, 11) is 0. The van der Waals surface area contributed by atoms with E-state index in [9.17, 15) is 5.26 Å². The molecule has 3 aromatic carbocycles. The molecule has 0 fully saturated rings. The van der Waals surface area contributed by atoms with E-state index in [1.165, 1.54) is 0 Å². The molecule has 0 aliphatic heterocycles. The average Bonchev–Trinajstić information content (AvgIpc) is 2.71. The van der Waals surface area contributed by atoms with Gasteiger partial charge in [0.05, 0.1) is 0 Å². The summed E-state index contributed by atoms with van der Waals surface area (Å²) in [4.78, 5) is 0. The van der Waals surface area contributed by atoms with Crippen molar-refractivity contribution >= 4 is 22.5 Å². The molecule has 0 saturated carbocycles. The summed E-state index contributed by atoms with van der Waals surface area (Å²) < 4.78 is 0. The number of rotatable bonds is 3. The molecule has 25 heavy (non-hydrogen) atoms. The molecule has 0 amide bonds. The van der Waals surface area contributed by atoms with Gasteiger partial charge in [0.1, 0.15) is 0 Å². The zero-order valence-corrected chi connectivity index (χ0v) is 16.9. The maximum absolute atomic E-state index is 10.4. The monoisotopic (exact) mass is 526 g/mol. The van der Waals surface area contributed by atoms with Crippen molar-refractivity contribution in [3.05, 3.63) is 97.6 Å². The van der Waals surface area contributed by atoms with Gasteiger partial charge in [0.25, 0.3) is 0 Å². The van der Waals surface area contributed by atoms with E-state index in [1.807, 2.05) is 54.6 Å². The summed E-state index contributed by atoms with van der Waals surface area (Å²) in [6.45, 7) is 3.80. The Hall–Kier alpha value is -2.19. The van der Waals surface area contributed by atoms with Crippen molar-refractivity contribution in [2.45, 2.75) is 0 Å². The summed E-state index contributed by atoms with van der Waals surface area (Å²) >= 11 is 0. The Labute approximate surface area is 165 Å². The third kappa shape index (κ3) is 3.45. The molecule has 0 unspecified atom stereocenters. The van der Waals surface area contributed by atoms with Crippen molar-refractivity contribution < 1.29 is 22.4 Å². The van der Waals surface area contributed by atoms with Gasteiger partial charge < -0.3 is 11.8 Å². The van der Waals surface area contributed by atoms with E-state index in [-0.39, 0.29) is 22.4 Å². The maximum atomic E-state index is 10.4. The number of hydrogen-bond acceptors (Lipinski definition) is 2. The zero-order chi connectivity index (χ0) is 17.5. The Kier molecular flexibility index (Phi) is 7.32. The van der Waals surface area contributed by atoms with Crippen LogP contribution in [0.3, 0.4) is 0 Å². The molecule has 0 aliphatic rings. The molecule has 3 aromatic rings. The Morgan fingerprint density at radius 1 is 0.640 bits per heavy atom. The third-order valence-electron chi connectivity index (χ3n) is 4.46. The van der Waals surface area contributed by atoms with Crippen LogP contribution in [0.2, 0.25) is 0 Å². The van der Waals surface area contributed by atoms with Gasteiger partial charge in [-0.2, -0.15) is 0 Å². The van der Waals surface area contributed by atoms with E-state index in [0.717, 1.165) is 15.9 Å². The van der Waals surface area contributed by atoms with Crippen molar-refractivity contribution in [2.24, 2.45) is 0 Å². The molecule has 0 aliphatic carbocycles. The van der Waals surface area contributed by atoms with Crippen LogP contribution < -0.4 is 15.9 Å². The Morgan fingerprint density at radius 2 is 0.880 bits per heavy atom. The minimum atomic E-state index is -3.09. The van der Waals surface area contributed by atoms with Gasteiger partial charge in [-0.1, -0.05) is 0 Å². The molecule has 0 N–H and O–H groups in total. The van der Waals surface area contributed by atoms with Gasteiger partial charge in [0.15, 0.2) is 0 Å². The number of hydrogen-bond donors (Lipinski definition) is 0. The smallest absolute Gasteiger partial charge is 0.512 e. The van der Waals surface area contributed by atoms with Crippen LogP contribution >= 0.6 is 6.60 Å². The Morgan fingerprint density at radius 3 is 1.08 bits per heavy atom. The van der Waals surface area contributed by atoms with Crippen LogP contribution in [0.25, 0.3) is 0 Å². The fourth-order valence-electron chi connectivity index (χ4n) is 3.02. The average molecular weight is 526 g/mol. The van der Waals surface area contributed by atoms with Crippen molar-refractivity contribution in [1.82, 2.24) is 0 Å². The molecule has 0 saturated heterocycles. The topological polar surface area (TPSA) is 47.6 Å². The first-order valence-electron chi connectivity index (χ1n) is 7.52. The van der Waals surface area contributed by atoms with E-state index in [4.69, 9.17) is 11.8 Å². The van der Waals surface area contributed by atoms with Gasteiger partial charge in [0, 0.05) is 0 Å². The largest absolute Gasteiger partial charge is 1.00 e. The van der Waals surface area contributed by atoms with Crippen LogP contribution in [-0.2, 0) is 22.4 Å². The Bertz CT molecular complexity index is 756. The predicted octanol–water partition coefficient (Wildman–Crippen LogP) is 3.72. The second-order valence-electron chi connectivity index (χ2n) is 5.67. The SMILES string of the molecule is CP(C#N)(c1ccccc1)(c1ccccc1)c1ccccc1.[Au+].[C-]#N. The van der Waals surface area contributed by atoms with E-state index >= 15 is 0 Å². The maximum Gasteiger partial charge on any atom is 1.00 e. The minimum Gasteiger partial charge on any atom is -0.512 e. The molecule has 0 heterocycles. The molecule has 4 heteroatoms. The van der Waals surface area contributed by atoms with Crippen LogP contribution in [-0.4, -0.2) is 6.66 Å². The molecule has 128 valence electrons. The summed E-state index contributed by atoms with van der Waals surface area (Å²) in [5, 5.41) is 20.0. The van der Waals surface area contributed by atoms with Gasteiger partial charge in [0.2, 0.25) is 0 Å². The van der Waals surface area contributed by atoms with Crippen LogP contribution in [0.4, 0.5) is 0 Å². The molecular formula is C21H18AuN2P. The standard InChI is InChI=1S/C20H18NP.CN.Au/c1-22(17-21,18-11-5-2-6-12-18,19-13-7-3-8-14-19)20-15-9-4-10-16-20;1-2;/h2-16H,1H3;;/q;-1;+1. The van der Waals surface area contributed by atoms with Crippen LogP contribution in [0, 0.1) is 22.9 Å². The first-order chi connectivity index (χ1) is 11.7. The van der Waals surface area contributed by atoms with Crippen molar-refractivity contribution in [3.8, 4) is 5.81 Å². The van der Waals surface area contributed by atoms with Crippen molar-refractivity contribution in [3.63, 3.8) is 0 Å². The van der Waals surface area contributed by atoms with E-state index in [1.54, 1.807) is 0 Å². The summed E-state index contributed by atoms with van der Waals surface area (Å²) in [6.07, 6.45) is 0. The van der Waals surface area contributed by atoms with Gasteiger partial charge in [-0.15, -0.1) is 0 Å². The van der Waals surface area contributed by atoms with Gasteiger partial charge in [-0.3, -0.25) is 0 Å². The molecule has 0 atom stereocenters. The fourth-order valence-corrected chi connectivity index (χ4v) is 7.02. The summed E-state index contributed by atoms with van der Waals surface area (Å²) in [5.74, 6) is 2.77. The van der Waals surface area contributed by atoms with Crippen LogP contribution in [0.5, 0.6) is 0 Å². The summed E-state index contributed by atoms with van der Waals surface area (Å²) in [6, 6.07) is 30.6.